The van der Waals surface area contributed by atoms with E-state index in [9.17, 15) is 14.4 Å². The number of carbonyl (C=O) groups is 3. The number of allylic oxidation sites excluding steroid dienone is 14. The number of rotatable bonds is 66. The summed E-state index contributed by atoms with van der Waals surface area (Å²) in [5.41, 5.74) is 0. The summed E-state index contributed by atoms with van der Waals surface area (Å²) in [4.78, 5) is 38.3. The molecule has 0 aromatic carbocycles. The maximum absolute atomic E-state index is 12.9. The minimum atomic E-state index is -0.814. The maximum Gasteiger partial charge on any atom is 0.306 e. The lowest BCUT2D eigenvalue weighted by Gasteiger charge is -2.18. The van der Waals surface area contributed by atoms with Crippen LogP contribution in [0.2, 0.25) is 0 Å². The van der Waals surface area contributed by atoms with Gasteiger partial charge in [-0.15, -0.1) is 0 Å². The van der Waals surface area contributed by atoms with E-state index in [-0.39, 0.29) is 37.5 Å². The van der Waals surface area contributed by atoms with Gasteiger partial charge in [0.2, 0.25) is 0 Å². The minimum absolute atomic E-state index is 0.101. The summed E-state index contributed by atoms with van der Waals surface area (Å²) >= 11 is 0. The Balaban J connectivity index is 4.23. The van der Waals surface area contributed by atoms with Gasteiger partial charge in [0.1, 0.15) is 13.2 Å². The molecule has 0 heterocycles. The van der Waals surface area contributed by atoms with Crippen LogP contribution in [0.25, 0.3) is 0 Å². The summed E-state index contributed by atoms with van der Waals surface area (Å²) < 4.78 is 16.9. The van der Waals surface area contributed by atoms with E-state index in [0.717, 1.165) is 89.9 Å². The molecule has 0 N–H and O–H groups in total. The first-order chi connectivity index (χ1) is 41.0. The van der Waals surface area contributed by atoms with Crippen LogP contribution in [0.4, 0.5) is 0 Å². The first-order valence-corrected chi connectivity index (χ1v) is 36.1. The fourth-order valence-electron chi connectivity index (χ4n) is 10.5. The summed E-state index contributed by atoms with van der Waals surface area (Å²) in [6.45, 7) is 6.49. The number of carbonyl (C=O) groups excluding carboxylic acids is 3. The van der Waals surface area contributed by atoms with Crippen molar-refractivity contribution in [3.05, 3.63) is 85.1 Å². The molecule has 0 amide bonds. The number of hydrogen-bond acceptors (Lipinski definition) is 6. The van der Waals surface area contributed by atoms with Crippen LogP contribution in [0.5, 0.6) is 0 Å². The zero-order valence-electron chi connectivity index (χ0n) is 55.2. The monoisotopic (exact) mass is 1160 g/mol. The highest BCUT2D eigenvalue weighted by Crippen LogP contribution is 2.18. The fourth-order valence-corrected chi connectivity index (χ4v) is 10.5. The molecule has 480 valence electrons. The van der Waals surface area contributed by atoms with Gasteiger partial charge in [-0.3, -0.25) is 14.4 Å². The Bertz CT molecular complexity index is 1570. The molecule has 83 heavy (non-hydrogen) atoms. The topological polar surface area (TPSA) is 78.9 Å². The van der Waals surface area contributed by atoms with Crippen LogP contribution in [0.1, 0.15) is 367 Å². The Hall–Kier alpha value is -3.41. The molecule has 6 nitrogen and oxygen atoms in total. The quantitative estimate of drug-likeness (QED) is 0.0261. The zero-order chi connectivity index (χ0) is 59.9. The smallest absolute Gasteiger partial charge is 0.306 e. The summed E-state index contributed by atoms with van der Waals surface area (Å²) in [7, 11) is 0. The Labute approximate surface area is 515 Å². The predicted octanol–water partition coefficient (Wildman–Crippen LogP) is 25.0. The SMILES string of the molecule is CC/C=C\C/C=C\C/C=C\C/C=C\CCC(=O)OCC(COC(=O)CCCCCCCCCCCCCCCCCCCCCCCCCCCCCCCCC)OC(=O)CCCCCCCC/C=C\C/C=C\C/C=C\CCCCCCC. The van der Waals surface area contributed by atoms with Crippen molar-refractivity contribution in [2.24, 2.45) is 0 Å². The molecule has 0 bridgehead atoms. The van der Waals surface area contributed by atoms with Crippen molar-refractivity contribution in [2.75, 3.05) is 13.2 Å². The molecule has 0 aliphatic rings. The second-order valence-corrected chi connectivity index (χ2v) is 24.1. The molecule has 0 spiro atoms. The van der Waals surface area contributed by atoms with Crippen molar-refractivity contribution >= 4 is 17.9 Å². The molecule has 0 aliphatic heterocycles. The van der Waals surface area contributed by atoms with Gasteiger partial charge in [0.25, 0.3) is 0 Å². The van der Waals surface area contributed by atoms with E-state index in [1.807, 2.05) is 6.08 Å². The van der Waals surface area contributed by atoms with Crippen molar-refractivity contribution < 1.29 is 28.6 Å². The van der Waals surface area contributed by atoms with E-state index in [2.05, 4.69) is 99.8 Å². The predicted molar refractivity (Wildman–Crippen MR) is 362 cm³/mol. The first kappa shape index (κ1) is 79.6. The van der Waals surface area contributed by atoms with E-state index < -0.39 is 6.10 Å². The molecule has 6 heteroatoms. The number of hydrogen-bond donors (Lipinski definition) is 0. The van der Waals surface area contributed by atoms with Crippen LogP contribution in [0.3, 0.4) is 0 Å². The molecule has 0 saturated heterocycles. The Morgan fingerprint density at radius 2 is 0.494 bits per heavy atom. The van der Waals surface area contributed by atoms with Crippen molar-refractivity contribution in [3.63, 3.8) is 0 Å². The lowest BCUT2D eigenvalue weighted by atomic mass is 10.0. The van der Waals surface area contributed by atoms with Gasteiger partial charge in [0.15, 0.2) is 6.10 Å². The van der Waals surface area contributed by atoms with E-state index in [4.69, 9.17) is 14.2 Å². The van der Waals surface area contributed by atoms with Gasteiger partial charge in [-0.1, -0.05) is 350 Å². The molecule has 0 saturated carbocycles. The molecule has 0 rings (SSSR count). The molecular formula is C77H136O6. The molecular weight excluding hydrogens is 1020 g/mol. The van der Waals surface area contributed by atoms with Crippen LogP contribution in [-0.4, -0.2) is 37.2 Å². The summed E-state index contributed by atoms with van der Waals surface area (Å²) in [5, 5.41) is 0. The largest absolute Gasteiger partial charge is 0.462 e. The second kappa shape index (κ2) is 71.1. The van der Waals surface area contributed by atoms with E-state index in [0.29, 0.717) is 19.3 Å². The molecule has 0 aliphatic carbocycles. The third-order valence-corrected chi connectivity index (χ3v) is 15.9. The molecule has 1 atom stereocenters. The minimum Gasteiger partial charge on any atom is -0.462 e. The summed E-state index contributed by atoms with van der Waals surface area (Å²) in [6.07, 6.45) is 95.1. The summed E-state index contributed by atoms with van der Waals surface area (Å²) in [6, 6.07) is 0. The Morgan fingerprint density at radius 3 is 0.807 bits per heavy atom. The second-order valence-electron chi connectivity index (χ2n) is 24.1. The molecule has 0 aromatic heterocycles. The zero-order valence-corrected chi connectivity index (χ0v) is 55.2. The number of ether oxygens (including phenoxy) is 3. The van der Waals surface area contributed by atoms with Gasteiger partial charge in [-0.05, 0) is 83.5 Å². The number of esters is 3. The number of unbranched alkanes of at least 4 members (excludes halogenated alkanes) is 41. The van der Waals surface area contributed by atoms with Crippen LogP contribution in [0.15, 0.2) is 85.1 Å². The van der Waals surface area contributed by atoms with Crippen molar-refractivity contribution in [1.29, 1.82) is 0 Å². The maximum atomic E-state index is 12.9. The first-order valence-electron chi connectivity index (χ1n) is 36.1. The molecule has 0 radical (unpaired) electrons. The van der Waals surface area contributed by atoms with Crippen molar-refractivity contribution in [3.8, 4) is 0 Å². The van der Waals surface area contributed by atoms with Gasteiger partial charge in [-0.2, -0.15) is 0 Å². The average Bonchev–Trinajstić information content (AvgIpc) is 3.49. The molecule has 1 unspecified atom stereocenters. The van der Waals surface area contributed by atoms with Crippen LogP contribution < -0.4 is 0 Å². The lowest BCUT2D eigenvalue weighted by molar-refractivity contribution is -0.166. The van der Waals surface area contributed by atoms with Gasteiger partial charge in [-0.25, -0.2) is 0 Å². The fraction of sp³-hybridized carbons (Fsp3) is 0.779. The van der Waals surface area contributed by atoms with E-state index >= 15 is 0 Å². The standard InChI is InChI=1S/C77H136O6/c1-4-7-10-13-16-19-22-25-27-29-31-33-34-35-36-37-38-39-40-41-42-44-45-47-49-52-55-58-61-64-67-70-76(79)82-73-74(72-81-75(78)69-66-63-60-57-54-51-24-21-18-15-12-9-6-3)83-77(80)71-68-65-62-59-56-53-50-48-46-43-32-30-28-26-23-20-17-14-11-8-5-2/h9,12,18,21,23,26,30,32,46,48,51,54,60,63,74H,4-8,10-11,13-17,19-20,22,24-25,27-29,31,33-45,47,49-50,52-53,55-59,61-62,64-73H2,1-3H3/b12-9-,21-18-,26-23-,32-30-,48-46-,54-51-,63-60-. The molecule has 0 aromatic rings. The Morgan fingerprint density at radius 1 is 0.253 bits per heavy atom. The Kier molecular flexibility index (Phi) is 68.2. The van der Waals surface area contributed by atoms with Crippen molar-refractivity contribution in [1.82, 2.24) is 0 Å². The highest BCUT2D eigenvalue weighted by atomic mass is 16.6. The highest BCUT2D eigenvalue weighted by molar-refractivity contribution is 5.71. The van der Waals surface area contributed by atoms with Gasteiger partial charge in [0, 0.05) is 19.3 Å². The highest BCUT2D eigenvalue weighted by Gasteiger charge is 2.19. The van der Waals surface area contributed by atoms with E-state index in [1.165, 1.54) is 231 Å². The average molecular weight is 1160 g/mol. The van der Waals surface area contributed by atoms with Crippen LogP contribution >= 0.6 is 0 Å². The third kappa shape index (κ3) is 69.3. The van der Waals surface area contributed by atoms with Gasteiger partial charge < -0.3 is 14.2 Å². The van der Waals surface area contributed by atoms with Crippen molar-refractivity contribution in [2.45, 2.75) is 374 Å². The summed E-state index contributed by atoms with van der Waals surface area (Å²) in [5.74, 6) is -0.983. The van der Waals surface area contributed by atoms with Gasteiger partial charge in [0.05, 0.1) is 0 Å². The lowest BCUT2D eigenvalue weighted by Crippen LogP contribution is -2.30. The third-order valence-electron chi connectivity index (χ3n) is 15.9. The van der Waals surface area contributed by atoms with Crippen LogP contribution in [0, 0.1) is 0 Å². The molecule has 0 fully saturated rings. The van der Waals surface area contributed by atoms with E-state index in [1.54, 1.807) is 0 Å². The van der Waals surface area contributed by atoms with Crippen LogP contribution in [-0.2, 0) is 28.6 Å². The normalized spacial score (nSPS) is 12.6. The van der Waals surface area contributed by atoms with Gasteiger partial charge >= 0.3 is 17.9 Å².